The van der Waals surface area contributed by atoms with Gasteiger partial charge in [-0.25, -0.2) is 0 Å². The molecule has 0 bridgehead atoms. The van der Waals surface area contributed by atoms with Crippen LogP contribution in [0, 0.1) is 13.8 Å². The van der Waals surface area contributed by atoms with Gasteiger partial charge in [-0.15, -0.1) is 11.8 Å². The molecule has 0 unspecified atom stereocenters. The molecule has 0 saturated carbocycles. The number of rotatable bonds is 3. The van der Waals surface area contributed by atoms with Gasteiger partial charge in [0.05, 0.1) is 11.4 Å². The second kappa shape index (κ2) is 6.75. The van der Waals surface area contributed by atoms with Crippen molar-refractivity contribution in [1.29, 1.82) is 0 Å². The molecule has 0 N–H and O–H groups in total. The number of anilines is 1. The standard InChI is InChI=1S/C18H20N4O3S/c1-11-5-6-13-15(8-11)26-10-17(24)22(13)9-16(23)21-7-3-4-14(21)18-19-12(2)20-25-18/h5-6,8,14H,3-4,7,9-10H2,1-2H3/t14-/m0/s1. The maximum atomic E-state index is 13.0. The summed E-state index contributed by atoms with van der Waals surface area (Å²) in [4.78, 5) is 34.1. The Morgan fingerprint density at radius 1 is 1.38 bits per heavy atom. The van der Waals surface area contributed by atoms with Gasteiger partial charge in [0.1, 0.15) is 12.6 Å². The van der Waals surface area contributed by atoms with Gasteiger partial charge in [-0.3, -0.25) is 9.59 Å². The fraction of sp³-hybridized carbons (Fsp3) is 0.444. The second-order valence-corrected chi connectivity index (χ2v) is 7.68. The van der Waals surface area contributed by atoms with E-state index in [0.29, 0.717) is 24.0 Å². The molecule has 0 radical (unpaired) electrons. The first-order valence-electron chi connectivity index (χ1n) is 8.66. The second-order valence-electron chi connectivity index (χ2n) is 6.66. The number of hydrogen-bond acceptors (Lipinski definition) is 6. The number of fused-ring (bicyclic) bond motifs is 1. The minimum absolute atomic E-state index is 0.0379. The fourth-order valence-corrected chi connectivity index (χ4v) is 4.51. The predicted molar refractivity (Wildman–Crippen MR) is 97.0 cm³/mol. The summed E-state index contributed by atoms with van der Waals surface area (Å²) in [6.07, 6.45) is 1.68. The number of carbonyl (C=O) groups is 2. The average Bonchev–Trinajstić information content (AvgIpc) is 3.26. The van der Waals surface area contributed by atoms with E-state index in [1.165, 1.54) is 11.8 Å². The smallest absolute Gasteiger partial charge is 0.249 e. The summed E-state index contributed by atoms with van der Waals surface area (Å²) >= 11 is 1.52. The van der Waals surface area contributed by atoms with Crippen LogP contribution in [0.1, 0.15) is 36.2 Å². The van der Waals surface area contributed by atoms with E-state index in [1.54, 1.807) is 16.7 Å². The van der Waals surface area contributed by atoms with Gasteiger partial charge in [-0.1, -0.05) is 11.2 Å². The minimum Gasteiger partial charge on any atom is -0.337 e. The number of amides is 2. The first kappa shape index (κ1) is 17.1. The maximum absolute atomic E-state index is 13.0. The molecular weight excluding hydrogens is 352 g/mol. The third kappa shape index (κ3) is 3.09. The third-order valence-corrected chi connectivity index (χ3v) is 5.78. The van der Waals surface area contributed by atoms with E-state index in [2.05, 4.69) is 16.2 Å². The van der Waals surface area contributed by atoms with E-state index in [9.17, 15) is 9.59 Å². The molecule has 3 heterocycles. The normalized spacial score (nSPS) is 19.8. The first-order valence-corrected chi connectivity index (χ1v) is 9.65. The molecule has 8 heteroatoms. The maximum Gasteiger partial charge on any atom is 0.249 e. The molecule has 26 heavy (non-hydrogen) atoms. The number of likely N-dealkylation sites (tertiary alicyclic amines) is 1. The number of aromatic nitrogens is 2. The summed E-state index contributed by atoms with van der Waals surface area (Å²) in [6.45, 7) is 4.46. The third-order valence-electron chi connectivity index (χ3n) is 4.75. The highest BCUT2D eigenvalue weighted by molar-refractivity contribution is 8.00. The van der Waals surface area contributed by atoms with Crippen molar-refractivity contribution in [2.45, 2.75) is 37.6 Å². The molecule has 1 aromatic carbocycles. The van der Waals surface area contributed by atoms with Crippen LogP contribution < -0.4 is 4.90 Å². The molecule has 1 atom stereocenters. The van der Waals surface area contributed by atoms with Gasteiger partial charge in [-0.05, 0) is 44.4 Å². The molecule has 7 nitrogen and oxygen atoms in total. The van der Waals surface area contributed by atoms with Crippen molar-refractivity contribution in [2.24, 2.45) is 0 Å². The first-order chi connectivity index (χ1) is 12.5. The lowest BCUT2D eigenvalue weighted by molar-refractivity contribution is -0.132. The van der Waals surface area contributed by atoms with Crippen molar-refractivity contribution in [3.8, 4) is 0 Å². The molecule has 2 aromatic rings. The van der Waals surface area contributed by atoms with Crippen LogP contribution in [0.2, 0.25) is 0 Å². The van der Waals surface area contributed by atoms with Crippen molar-refractivity contribution in [2.75, 3.05) is 23.7 Å². The molecule has 4 rings (SSSR count). The molecule has 2 aliphatic rings. The molecule has 2 amide bonds. The lowest BCUT2D eigenvalue weighted by atomic mass is 10.2. The van der Waals surface area contributed by atoms with Crippen molar-refractivity contribution in [3.63, 3.8) is 0 Å². The minimum atomic E-state index is -0.199. The Morgan fingerprint density at radius 2 is 2.23 bits per heavy atom. The van der Waals surface area contributed by atoms with Crippen LogP contribution in [0.4, 0.5) is 5.69 Å². The number of carbonyl (C=O) groups excluding carboxylic acids is 2. The van der Waals surface area contributed by atoms with Gasteiger partial charge < -0.3 is 14.3 Å². The summed E-state index contributed by atoms with van der Waals surface area (Å²) in [5.74, 6) is 1.27. The number of benzene rings is 1. The van der Waals surface area contributed by atoms with Crippen molar-refractivity contribution >= 4 is 29.3 Å². The molecule has 1 aromatic heterocycles. The van der Waals surface area contributed by atoms with E-state index >= 15 is 0 Å². The molecule has 0 spiro atoms. The van der Waals surface area contributed by atoms with Crippen molar-refractivity contribution in [3.05, 3.63) is 35.5 Å². The molecule has 136 valence electrons. The number of aryl methyl sites for hydroxylation is 2. The Bertz CT molecular complexity index is 866. The van der Waals surface area contributed by atoms with Crippen LogP contribution in [0.25, 0.3) is 0 Å². The van der Waals surface area contributed by atoms with Crippen LogP contribution in [-0.2, 0) is 9.59 Å². The van der Waals surface area contributed by atoms with Crippen LogP contribution in [0.3, 0.4) is 0 Å². The Balaban J connectivity index is 1.55. The van der Waals surface area contributed by atoms with Gasteiger partial charge in [0.2, 0.25) is 17.7 Å². The van der Waals surface area contributed by atoms with E-state index in [1.807, 2.05) is 19.1 Å². The summed E-state index contributed by atoms with van der Waals surface area (Å²) in [6, 6.07) is 5.75. The lowest BCUT2D eigenvalue weighted by Crippen LogP contribution is -2.44. The molecular formula is C18H20N4O3S. The predicted octanol–water partition coefficient (Wildman–Crippen LogP) is 2.49. The van der Waals surface area contributed by atoms with Gasteiger partial charge in [-0.2, -0.15) is 4.98 Å². The van der Waals surface area contributed by atoms with E-state index in [0.717, 1.165) is 29.0 Å². The van der Waals surface area contributed by atoms with Crippen LogP contribution in [0.5, 0.6) is 0 Å². The summed E-state index contributed by atoms with van der Waals surface area (Å²) in [5, 5.41) is 3.83. The monoisotopic (exact) mass is 372 g/mol. The van der Waals surface area contributed by atoms with Crippen LogP contribution in [-0.4, -0.2) is 45.7 Å². The summed E-state index contributed by atoms with van der Waals surface area (Å²) in [7, 11) is 0. The van der Waals surface area contributed by atoms with E-state index in [4.69, 9.17) is 4.52 Å². The highest BCUT2D eigenvalue weighted by Gasteiger charge is 2.36. The topological polar surface area (TPSA) is 79.5 Å². The zero-order chi connectivity index (χ0) is 18.3. The van der Waals surface area contributed by atoms with Crippen molar-refractivity contribution < 1.29 is 14.1 Å². The Kier molecular flexibility index (Phi) is 4.44. The number of hydrogen-bond donors (Lipinski definition) is 0. The van der Waals surface area contributed by atoms with Gasteiger partial charge >= 0.3 is 0 Å². The van der Waals surface area contributed by atoms with E-state index in [-0.39, 0.29) is 24.4 Å². The van der Waals surface area contributed by atoms with Gasteiger partial charge in [0, 0.05) is 11.4 Å². The molecule has 0 aliphatic carbocycles. The van der Waals surface area contributed by atoms with Crippen LogP contribution >= 0.6 is 11.8 Å². The fourth-order valence-electron chi connectivity index (χ4n) is 3.48. The highest BCUT2D eigenvalue weighted by Crippen LogP contribution is 2.37. The average molecular weight is 372 g/mol. The van der Waals surface area contributed by atoms with Crippen molar-refractivity contribution in [1.82, 2.24) is 15.0 Å². The Labute approximate surface area is 155 Å². The Hall–Kier alpha value is -2.35. The van der Waals surface area contributed by atoms with Gasteiger partial charge in [0.15, 0.2) is 5.82 Å². The SMILES string of the molecule is Cc1ccc2c(c1)SCC(=O)N2CC(=O)N1CCC[C@H]1c1nc(C)no1. The van der Waals surface area contributed by atoms with E-state index < -0.39 is 0 Å². The Morgan fingerprint density at radius 3 is 3.00 bits per heavy atom. The summed E-state index contributed by atoms with van der Waals surface area (Å²) < 4.78 is 5.27. The lowest BCUT2D eigenvalue weighted by Gasteiger charge is -2.31. The zero-order valence-electron chi connectivity index (χ0n) is 14.8. The molecule has 1 saturated heterocycles. The van der Waals surface area contributed by atoms with Crippen LogP contribution in [0.15, 0.2) is 27.6 Å². The molecule has 2 aliphatic heterocycles. The number of nitrogens with zero attached hydrogens (tertiary/aromatic N) is 4. The number of thioether (sulfide) groups is 1. The summed E-state index contributed by atoms with van der Waals surface area (Å²) in [5.41, 5.74) is 1.96. The zero-order valence-corrected chi connectivity index (χ0v) is 15.6. The largest absolute Gasteiger partial charge is 0.337 e. The van der Waals surface area contributed by atoms with Gasteiger partial charge in [0.25, 0.3) is 0 Å². The highest BCUT2D eigenvalue weighted by atomic mass is 32.2. The molecule has 1 fully saturated rings. The quantitative estimate of drug-likeness (QED) is 0.824.